The van der Waals surface area contributed by atoms with E-state index in [9.17, 15) is 9.90 Å². The van der Waals surface area contributed by atoms with E-state index in [1.165, 1.54) is 19.3 Å². The van der Waals surface area contributed by atoms with Gasteiger partial charge in [0.05, 0.1) is 6.10 Å². The number of hydrogen-bond acceptors (Lipinski definition) is 2. The molecule has 0 saturated carbocycles. The molecule has 0 aromatic rings. The Morgan fingerprint density at radius 3 is 2.33 bits per heavy atom. The fourth-order valence-electron chi connectivity index (χ4n) is 2.21. The lowest BCUT2D eigenvalue weighted by atomic mass is 10.1. The van der Waals surface area contributed by atoms with Crippen LogP contribution in [0.5, 0.6) is 0 Å². The van der Waals surface area contributed by atoms with Crippen molar-refractivity contribution in [3.63, 3.8) is 0 Å². The number of carboxylic acid groups (broad SMARTS) is 1. The highest BCUT2D eigenvalue weighted by molar-refractivity contribution is 5.66. The third-order valence-corrected chi connectivity index (χ3v) is 3.55. The van der Waals surface area contributed by atoms with E-state index < -0.39 is 5.97 Å². The fourth-order valence-corrected chi connectivity index (χ4v) is 2.21. The van der Waals surface area contributed by atoms with Crippen LogP contribution in [0.4, 0.5) is 0 Å². The van der Waals surface area contributed by atoms with Gasteiger partial charge in [-0.1, -0.05) is 51.9 Å². The molecule has 3 heteroatoms. The molecule has 3 nitrogen and oxygen atoms in total. The number of rotatable bonds is 13. The highest BCUT2D eigenvalue weighted by atomic mass is 16.4. The highest BCUT2D eigenvalue weighted by Crippen LogP contribution is 2.08. The molecule has 21 heavy (non-hydrogen) atoms. The van der Waals surface area contributed by atoms with Crippen LogP contribution >= 0.6 is 0 Å². The summed E-state index contributed by atoms with van der Waals surface area (Å²) in [5.74, 6) is 5.49. The van der Waals surface area contributed by atoms with Gasteiger partial charge >= 0.3 is 5.97 Å². The van der Waals surface area contributed by atoms with Crippen LogP contribution in [0.15, 0.2) is 0 Å². The molecule has 0 fully saturated rings. The molecule has 0 spiro atoms. The van der Waals surface area contributed by atoms with Gasteiger partial charge < -0.3 is 10.2 Å². The van der Waals surface area contributed by atoms with Crippen LogP contribution in [0.3, 0.4) is 0 Å². The van der Waals surface area contributed by atoms with E-state index in [4.69, 9.17) is 5.11 Å². The van der Waals surface area contributed by atoms with Crippen molar-refractivity contribution in [3.05, 3.63) is 0 Å². The molecular formula is C18H32O3. The fraction of sp³-hybridized carbons (Fsp3) is 0.833. The SMILES string of the molecule is CCCCCC[C@H](O)CC#CCCCCCCCC(=O)O. The molecule has 0 aromatic carbocycles. The summed E-state index contributed by atoms with van der Waals surface area (Å²) in [4.78, 5) is 10.3. The summed E-state index contributed by atoms with van der Waals surface area (Å²) in [5.41, 5.74) is 0. The predicted molar refractivity (Wildman–Crippen MR) is 87.1 cm³/mol. The van der Waals surface area contributed by atoms with E-state index in [2.05, 4.69) is 18.8 Å². The Kier molecular flexibility index (Phi) is 14.6. The van der Waals surface area contributed by atoms with Gasteiger partial charge in [0.25, 0.3) is 0 Å². The Hall–Kier alpha value is -1.01. The minimum Gasteiger partial charge on any atom is -0.481 e. The molecule has 0 saturated heterocycles. The zero-order valence-corrected chi connectivity index (χ0v) is 13.6. The van der Waals surface area contributed by atoms with Gasteiger partial charge in [-0.3, -0.25) is 4.79 Å². The van der Waals surface area contributed by atoms with E-state index in [1.807, 2.05) is 0 Å². The minimum absolute atomic E-state index is 0.259. The first-order valence-corrected chi connectivity index (χ1v) is 8.52. The van der Waals surface area contributed by atoms with Gasteiger partial charge in [0.1, 0.15) is 0 Å². The lowest BCUT2D eigenvalue weighted by Gasteiger charge is -2.05. The lowest BCUT2D eigenvalue weighted by Crippen LogP contribution is -2.04. The number of carboxylic acids is 1. The van der Waals surface area contributed by atoms with Gasteiger partial charge in [-0.25, -0.2) is 0 Å². The molecular weight excluding hydrogens is 264 g/mol. The maximum absolute atomic E-state index is 10.3. The van der Waals surface area contributed by atoms with E-state index >= 15 is 0 Å². The average molecular weight is 296 g/mol. The Bertz CT molecular complexity index is 301. The Morgan fingerprint density at radius 1 is 0.952 bits per heavy atom. The lowest BCUT2D eigenvalue weighted by molar-refractivity contribution is -0.137. The van der Waals surface area contributed by atoms with Gasteiger partial charge in [0, 0.05) is 19.3 Å². The Labute approximate surface area is 130 Å². The molecule has 0 unspecified atom stereocenters. The second-order valence-electron chi connectivity index (χ2n) is 5.72. The predicted octanol–water partition coefficient (Wildman–Crippen LogP) is 4.53. The van der Waals surface area contributed by atoms with E-state index in [0.29, 0.717) is 6.42 Å². The van der Waals surface area contributed by atoms with Gasteiger partial charge in [-0.2, -0.15) is 0 Å². The quantitative estimate of drug-likeness (QED) is 0.388. The third kappa shape index (κ3) is 16.9. The number of aliphatic hydroxyl groups is 1. The molecule has 0 bridgehead atoms. The maximum atomic E-state index is 10.3. The van der Waals surface area contributed by atoms with E-state index in [0.717, 1.165) is 51.4 Å². The monoisotopic (exact) mass is 296 g/mol. The van der Waals surface area contributed by atoms with Crippen LogP contribution in [0.1, 0.15) is 90.4 Å². The maximum Gasteiger partial charge on any atom is 0.303 e. The summed E-state index contributed by atoms with van der Waals surface area (Å²) in [5, 5.41) is 18.2. The van der Waals surface area contributed by atoms with Crippen molar-refractivity contribution < 1.29 is 15.0 Å². The molecule has 0 aliphatic carbocycles. The first-order chi connectivity index (χ1) is 10.2. The molecule has 1 atom stereocenters. The molecule has 0 heterocycles. The van der Waals surface area contributed by atoms with Crippen molar-refractivity contribution in [2.45, 2.75) is 96.5 Å². The highest BCUT2D eigenvalue weighted by Gasteiger charge is 2.00. The van der Waals surface area contributed by atoms with Crippen molar-refractivity contribution in [1.29, 1.82) is 0 Å². The molecule has 122 valence electrons. The minimum atomic E-state index is -0.700. The first kappa shape index (κ1) is 20.0. The molecule has 0 rings (SSSR count). The second-order valence-corrected chi connectivity index (χ2v) is 5.72. The molecule has 2 N–H and O–H groups in total. The van der Waals surface area contributed by atoms with Crippen molar-refractivity contribution in [2.75, 3.05) is 0 Å². The van der Waals surface area contributed by atoms with Crippen LogP contribution in [-0.2, 0) is 4.79 Å². The van der Waals surface area contributed by atoms with Crippen LogP contribution in [0.25, 0.3) is 0 Å². The van der Waals surface area contributed by atoms with Crippen LogP contribution < -0.4 is 0 Å². The normalized spacial score (nSPS) is 11.7. The number of carbonyl (C=O) groups is 1. The van der Waals surface area contributed by atoms with Gasteiger partial charge in [-0.15, -0.1) is 11.8 Å². The van der Waals surface area contributed by atoms with E-state index in [1.54, 1.807) is 0 Å². The molecule has 0 aliphatic rings. The van der Waals surface area contributed by atoms with Crippen LogP contribution in [0.2, 0.25) is 0 Å². The summed E-state index contributed by atoms with van der Waals surface area (Å²) < 4.78 is 0. The zero-order valence-electron chi connectivity index (χ0n) is 13.6. The van der Waals surface area contributed by atoms with Crippen molar-refractivity contribution in [2.24, 2.45) is 0 Å². The van der Waals surface area contributed by atoms with Crippen molar-refractivity contribution in [3.8, 4) is 11.8 Å². The first-order valence-electron chi connectivity index (χ1n) is 8.52. The third-order valence-electron chi connectivity index (χ3n) is 3.55. The smallest absolute Gasteiger partial charge is 0.303 e. The van der Waals surface area contributed by atoms with E-state index in [-0.39, 0.29) is 12.5 Å². The van der Waals surface area contributed by atoms with Crippen molar-refractivity contribution >= 4 is 5.97 Å². The number of unbranched alkanes of at least 4 members (excludes halogenated alkanes) is 8. The van der Waals surface area contributed by atoms with Crippen LogP contribution in [0, 0.1) is 11.8 Å². The number of aliphatic carboxylic acids is 1. The summed E-state index contributed by atoms with van der Waals surface area (Å²) in [7, 11) is 0. The molecule has 0 aliphatic heterocycles. The summed E-state index contributed by atoms with van der Waals surface area (Å²) in [6.07, 6.45) is 12.3. The van der Waals surface area contributed by atoms with Gasteiger partial charge in [0.2, 0.25) is 0 Å². The standard InChI is InChI=1S/C18H32O3/c1-2-3-4-11-14-17(19)15-12-9-7-5-6-8-10-13-16-18(20)21/h17,19H,2-8,10-11,13-16H2,1H3,(H,20,21)/t17-/m0/s1. The molecule has 0 radical (unpaired) electrons. The Morgan fingerprint density at radius 2 is 1.62 bits per heavy atom. The van der Waals surface area contributed by atoms with Gasteiger partial charge in [0.15, 0.2) is 0 Å². The zero-order chi connectivity index (χ0) is 15.8. The largest absolute Gasteiger partial charge is 0.481 e. The average Bonchev–Trinajstić information content (AvgIpc) is 2.45. The van der Waals surface area contributed by atoms with Crippen molar-refractivity contribution in [1.82, 2.24) is 0 Å². The summed E-state index contributed by atoms with van der Waals surface area (Å²) in [6, 6.07) is 0. The molecule has 0 aromatic heterocycles. The Balaban J connectivity index is 3.31. The summed E-state index contributed by atoms with van der Waals surface area (Å²) >= 11 is 0. The second kappa shape index (κ2) is 15.4. The summed E-state index contributed by atoms with van der Waals surface area (Å²) in [6.45, 7) is 2.19. The number of aliphatic hydroxyl groups excluding tert-OH is 1. The van der Waals surface area contributed by atoms with Crippen LogP contribution in [-0.4, -0.2) is 22.3 Å². The number of hydrogen-bond donors (Lipinski definition) is 2. The van der Waals surface area contributed by atoms with Gasteiger partial charge in [-0.05, 0) is 19.3 Å². The molecule has 0 amide bonds. The topological polar surface area (TPSA) is 57.5 Å².